The Hall–Kier alpha value is -1.81. The molecule has 10 N–H and O–H groups in total. The van der Waals surface area contributed by atoms with Crippen LogP contribution < -0.4 is 22.6 Å². The molecule has 0 atom stereocenters. The molecule has 0 aliphatic rings. The maximum Gasteiger partial charge on any atom is 0.524 e. The van der Waals surface area contributed by atoms with Gasteiger partial charge >= 0.3 is 39.1 Å². The highest BCUT2D eigenvalue weighted by Crippen LogP contribution is 2.54. The summed E-state index contributed by atoms with van der Waals surface area (Å²) >= 11 is 0. The molecule has 0 fully saturated rings. The van der Waals surface area contributed by atoms with Crippen LogP contribution in [0.5, 0.6) is 28.7 Å². The van der Waals surface area contributed by atoms with Gasteiger partial charge in [0.05, 0.1) is 5.56 Å². The van der Waals surface area contributed by atoms with Crippen molar-refractivity contribution in [3.8, 4) is 39.9 Å². The molecule has 0 amide bonds. The Morgan fingerprint density at radius 2 is 0.676 bits per heavy atom. The Labute approximate surface area is 204 Å². The summed E-state index contributed by atoms with van der Waals surface area (Å²) in [6.45, 7) is 0. The van der Waals surface area contributed by atoms with Gasteiger partial charge in [0.15, 0.2) is 0 Å². The van der Waals surface area contributed by atoms with Crippen molar-refractivity contribution in [2.45, 2.75) is 0 Å². The average molecular weight is 634 g/mol. The van der Waals surface area contributed by atoms with E-state index in [1.807, 2.05) is 0 Å². The van der Waals surface area contributed by atoms with Crippen LogP contribution in [0.25, 0.3) is 11.1 Å². The third-order valence-corrected chi connectivity index (χ3v) is 5.53. The molecule has 37 heavy (non-hydrogen) atoms. The lowest BCUT2D eigenvalue weighted by Crippen LogP contribution is -2.00. The monoisotopic (exact) mass is 634 g/mol. The highest BCUT2D eigenvalue weighted by atomic mass is 31.2. The molecule has 0 saturated heterocycles. The third kappa shape index (κ3) is 11.6. The van der Waals surface area contributed by atoms with Gasteiger partial charge in [-0.3, -0.25) is 48.9 Å². The second-order valence-electron chi connectivity index (χ2n) is 6.40. The molecule has 2 aromatic carbocycles. The number of phosphoric acid groups is 5. The van der Waals surface area contributed by atoms with Crippen LogP contribution in [-0.2, 0) is 22.8 Å². The maximum atomic E-state index is 11.5. The number of hydrogen-bond acceptors (Lipinski definition) is 10. The molecule has 0 unspecified atom stereocenters. The van der Waals surface area contributed by atoms with Crippen LogP contribution in [0.4, 0.5) is 0 Å². The van der Waals surface area contributed by atoms with Crippen LogP contribution in [-0.4, -0.2) is 48.9 Å². The Balaban J connectivity index is 2.97. The fourth-order valence-corrected chi connectivity index (χ4v) is 4.48. The van der Waals surface area contributed by atoms with Gasteiger partial charge in [-0.05, 0) is 17.7 Å². The molecule has 2 rings (SSSR count). The van der Waals surface area contributed by atoms with Crippen molar-refractivity contribution in [3.05, 3.63) is 30.3 Å². The molecule has 0 radical (unpaired) electrons. The normalized spacial score (nSPS) is 13.1. The highest BCUT2D eigenvalue weighted by molar-refractivity contribution is 7.47. The molecule has 25 heteroatoms. The summed E-state index contributed by atoms with van der Waals surface area (Å²) in [5.74, 6) is -5.17. The fraction of sp³-hybridized carbons (Fsp3) is 0. The Morgan fingerprint density at radius 3 is 0.946 bits per heavy atom. The molecule has 208 valence electrons. The molecule has 0 aliphatic heterocycles. The second-order valence-corrected chi connectivity index (χ2v) is 12.2. The van der Waals surface area contributed by atoms with E-state index in [2.05, 4.69) is 22.6 Å². The number of rotatable bonds is 11. The molecular weight excluding hydrogens is 619 g/mol. The van der Waals surface area contributed by atoms with Crippen molar-refractivity contribution < 1.29 is 94.4 Å². The van der Waals surface area contributed by atoms with Crippen LogP contribution in [0.3, 0.4) is 0 Å². The summed E-state index contributed by atoms with van der Waals surface area (Å²) in [5, 5.41) is 0. The minimum atomic E-state index is -5.58. The molecule has 0 heterocycles. The summed E-state index contributed by atoms with van der Waals surface area (Å²) < 4.78 is 78.4. The van der Waals surface area contributed by atoms with Crippen LogP contribution in [0.1, 0.15) is 0 Å². The predicted octanol–water partition coefficient (Wildman–Crippen LogP) is 0.711. The van der Waals surface area contributed by atoms with E-state index in [4.69, 9.17) is 29.4 Å². The van der Waals surface area contributed by atoms with Gasteiger partial charge in [-0.15, -0.1) is 0 Å². The number of hydrogen-bond donors (Lipinski definition) is 10. The van der Waals surface area contributed by atoms with E-state index < -0.39 is 79.0 Å². The minimum Gasteiger partial charge on any atom is -0.404 e. The van der Waals surface area contributed by atoms with E-state index in [0.717, 1.165) is 0 Å². The Bertz CT molecular complexity index is 1320. The zero-order valence-corrected chi connectivity index (χ0v) is 21.6. The van der Waals surface area contributed by atoms with Crippen molar-refractivity contribution in [2.75, 3.05) is 0 Å². The van der Waals surface area contributed by atoms with Gasteiger partial charge in [0.1, 0.15) is 28.7 Å². The first-order valence-electron chi connectivity index (χ1n) is 8.48. The van der Waals surface area contributed by atoms with Gasteiger partial charge in [-0.1, -0.05) is 0 Å². The topological polar surface area (TPSA) is 334 Å². The zero-order chi connectivity index (χ0) is 28.6. The fourth-order valence-electron chi connectivity index (χ4n) is 2.54. The Morgan fingerprint density at radius 1 is 0.405 bits per heavy atom. The highest BCUT2D eigenvalue weighted by Gasteiger charge is 2.30. The summed E-state index contributed by atoms with van der Waals surface area (Å²) in [5.41, 5.74) is -1.61. The first-order valence-corrected chi connectivity index (χ1v) is 16.1. The van der Waals surface area contributed by atoms with E-state index in [1.54, 1.807) is 0 Å². The van der Waals surface area contributed by atoms with E-state index >= 15 is 0 Å². The molecule has 0 aliphatic carbocycles. The molecular formula is C12H15O20P5. The summed E-state index contributed by atoms with van der Waals surface area (Å²) in [7, 11) is -27.3. The minimum absolute atomic E-state index is 0.403. The maximum absolute atomic E-state index is 11.5. The lowest BCUT2D eigenvalue weighted by atomic mass is 10.0. The SMILES string of the molecule is O=P(O)(O)Oc1cc(OP(=O)(O)O)cc(-c2c(OP(=O)(O)O)cc(OP(=O)(O)O)cc2OP(=O)(O)O)c1. The van der Waals surface area contributed by atoms with Crippen molar-refractivity contribution in [2.24, 2.45) is 0 Å². The van der Waals surface area contributed by atoms with Gasteiger partial charge in [0.2, 0.25) is 0 Å². The van der Waals surface area contributed by atoms with Crippen molar-refractivity contribution in [1.29, 1.82) is 0 Å². The van der Waals surface area contributed by atoms with Crippen molar-refractivity contribution in [3.63, 3.8) is 0 Å². The predicted molar refractivity (Wildman–Crippen MR) is 115 cm³/mol. The van der Waals surface area contributed by atoms with Gasteiger partial charge in [0, 0.05) is 18.2 Å². The first kappa shape index (κ1) is 31.4. The van der Waals surface area contributed by atoms with Gasteiger partial charge in [-0.2, -0.15) is 0 Å². The van der Waals surface area contributed by atoms with Crippen LogP contribution in [0, 0.1) is 0 Å². The van der Waals surface area contributed by atoms with E-state index in [0.29, 0.717) is 30.3 Å². The number of phosphoric ester groups is 5. The van der Waals surface area contributed by atoms with Crippen molar-refractivity contribution in [1.82, 2.24) is 0 Å². The number of benzene rings is 2. The lowest BCUT2D eigenvalue weighted by Gasteiger charge is -2.20. The summed E-state index contributed by atoms with van der Waals surface area (Å²) in [6.07, 6.45) is 0. The van der Waals surface area contributed by atoms with E-state index in [9.17, 15) is 42.4 Å². The largest absolute Gasteiger partial charge is 0.524 e. The van der Waals surface area contributed by atoms with Gasteiger partial charge < -0.3 is 22.6 Å². The standard InChI is InChI=1S/C12H15O20P5/c13-33(14,15)28-7-1-6(2-8(3-7)29-34(16,17)18)12-10(31-36(22,23)24)4-9(30-35(19,20)21)5-11(12)32-37(25,26)27/h1-5H,(H2,13,14,15)(H2,16,17,18)(H2,19,20,21)(H2,22,23,24)(H2,25,26,27). The molecule has 0 saturated carbocycles. The van der Waals surface area contributed by atoms with Crippen LogP contribution in [0.15, 0.2) is 30.3 Å². The van der Waals surface area contributed by atoms with E-state index in [1.165, 1.54) is 0 Å². The summed E-state index contributed by atoms with van der Waals surface area (Å²) in [6, 6.07) is 2.58. The quantitative estimate of drug-likeness (QED) is 0.152. The smallest absolute Gasteiger partial charge is 0.404 e. The molecule has 0 aromatic heterocycles. The second kappa shape index (κ2) is 10.8. The van der Waals surface area contributed by atoms with E-state index in [-0.39, 0.29) is 0 Å². The molecule has 2 aromatic rings. The van der Waals surface area contributed by atoms with Gasteiger partial charge in [-0.25, -0.2) is 22.8 Å². The zero-order valence-electron chi connectivity index (χ0n) is 17.2. The first-order chi connectivity index (χ1) is 16.4. The third-order valence-electron chi connectivity index (χ3n) is 3.32. The Kier molecular flexibility index (Phi) is 9.13. The van der Waals surface area contributed by atoms with Gasteiger partial charge in [0.25, 0.3) is 0 Å². The van der Waals surface area contributed by atoms with Crippen LogP contribution >= 0.6 is 39.1 Å². The molecule has 0 bridgehead atoms. The summed E-state index contributed by atoms with van der Waals surface area (Å²) in [4.78, 5) is 91.3. The van der Waals surface area contributed by atoms with Crippen LogP contribution in [0.2, 0.25) is 0 Å². The average Bonchev–Trinajstić information content (AvgIpc) is 2.53. The lowest BCUT2D eigenvalue weighted by molar-refractivity contribution is 0.274. The molecule has 20 nitrogen and oxygen atoms in total. The molecule has 0 spiro atoms. The van der Waals surface area contributed by atoms with Crippen molar-refractivity contribution >= 4 is 39.1 Å².